The van der Waals surface area contributed by atoms with Crippen LogP contribution in [-0.4, -0.2) is 18.1 Å². The number of benzene rings is 1. The van der Waals surface area contributed by atoms with E-state index >= 15 is 0 Å². The zero-order valence-corrected chi connectivity index (χ0v) is 11.3. The number of aromatic nitrogens is 1. The van der Waals surface area contributed by atoms with Crippen LogP contribution in [0.25, 0.3) is 11.3 Å². The molecule has 6 heteroatoms. The van der Waals surface area contributed by atoms with Gasteiger partial charge in [-0.25, -0.2) is 9.18 Å². The Morgan fingerprint density at radius 1 is 1.26 bits per heavy atom. The van der Waals surface area contributed by atoms with Crippen LogP contribution in [0.3, 0.4) is 0 Å². The summed E-state index contributed by atoms with van der Waals surface area (Å²) in [5.41, 5.74) is 0.846. The van der Waals surface area contributed by atoms with Crippen molar-refractivity contribution < 1.29 is 13.9 Å². The van der Waals surface area contributed by atoms with Gasteiger partial charge >= 0.3 is 5.97 Å². The Morgan fingerprint density at radius 3 is 2.63 bits per heavy atom. The van der Waals surface area contributed by atoms with E-state index < -0.39 is 11.8 Å². The van der Waals surface area contributed by atoms with Gasteiger partial charge in [0.2, 0.25) is 0 Å². The largest absolute Gasteiger partial charge is 0.465 e. The third-order valence-corrected chi connectivity index (χ3v) is 3.22. The van der Waals surface area contributed by atoms with Gasteiger partial charge in [0.1, 0.15) is 0 Å². The molecule has 0 saturated carbocycles. The standard InChI is InChI=1S/C13H8Cl2FNO2/c1-19-13(18)8-5-12(17-6-11(8)16)7-2-3-9(14)10(15)4-7/h2-6H,1H3. The molecule has 0 N–H and O–H groups in total. The second-order valence-corrected chi connectivity index (χ2v) is 4.48. The van der Waals surface area contributed by atoms with Crippen molar-refractivity contribution >= 4 is 29.2 Å². The maximum absolute atomic E-state index is 13.5. The normalized spacial score (nSPS) is 10.3. The average molecular weight is 300 g/mol. The van der Waals surface area contributed by atoms with E-state index in [9.17, 15) is 9.18 Å². The molecule has 0 amide bonds. The fourth-order valence-electron chi connectivity index (χ4n) is 1.52. The Kier molecular flexibility index (Phi) is 4.02. The molecule has 0 aliphatic heterocycles. The van der Waals surface area contributed by atoms with E-state index in [-0.39, 0.29) is 5.56 Å². The van der Waals surface area contributed by atoms with Crippen LogP contribution in [0.4, 0.5) is 4.39 Å². The molecule has 1 aromatic heterocycles. The van der Waals surface area contributed by atoms with Gasteiger partial charge in [-0.1, -0.05) is 29.3 Å². The molecule has 2 rings (SSSR count). The van der Waals surface area contributed by atoms with Gasteiger partial charge in [-0.3, -0.25) is 4.98 Å². The lowest BCUT2D eigenvalue weighted by atomic mass is 10.1. The second kappa shape index (κ2) is 5.55. The fourth-order valence-corrected chi connectivity index (χ4v) is 1.82. The number of nitrogens with zero attached hydrogens (tertiary/aromatic N) is 1. The summed E-state index contributed by atoms with van der Waals surface area (Å²) in [7, 11) is 1.18. The number of hydrogen-bond donors (Lipinski definition) is 0. The molecule has 3 nitrogen and oxygen atoms in total. The average Bonchev–Trinajstić information content (AvgIpc) is 2.41. The zero-order chi connectivity index (χ0) is 14.0. The van der Waals surface area contributed by atoms with Crippen molar-refractivity contribution in [2.75, 3.05) is 7.11 Å². The number of carbonyl (C=O) groups excluding carboxylic acids is 1. The van der Waals surface area contributed by atoms with Gasteiger partial charge in [-0.05, 0) is 18.2 Å². The number of rotatable bonds is 2. The smallest absolute Gasteiger partial charge is 0.340 e. The summed E-state index contributed by atoms with van der Waals surface area (Å²) in [6.45, 7) is 0. The van der Waals surface area contributed by atoms with E-state index in [4.69, 9.17) is 23.2 Å². The highest BCUT2D eigenvalue weighted by Gasteiger charge is 2.14. The second-order valence-electron chi connectivity index (χ2n) is 3.67. The van der Waals surface area contributed by atoms with Crippen molar-refractivity contribution in [3.63, 3.8) is 0 Å². The Labute approximate surface area is 118 Å². The lowest BCUT2D eigenvalue weighted by Gasteiger charge is -2.06. The molecular formula is C13H8Cl2FNO2. The molecule has 0 aliphatic carbocycles. The van der Waals surface area contributed by atoms with Crippen molar-refractivity contribution in [1.82, 2.24) is 4.98 Å². The summed E-state index contributed by atoms with van der Waals surface area (Å²) >= 11 is 11.7. The highest BCUT2D eigenvalue weighted by molar-refractivity contribution is 6.42. The molecule has 2 aromatic rings. The van der Waals surface area contributed by atoms with E-state index in [0.717, 1.165) is 6.20 Å². The van der Waals surface area contributed by atoms with Crippen LogP contribution >= 0.6 is 23.2 Å². The van der Waals surface area contributed by atoms with Crippen molar-refractivity contribution in [1.29, 1.82) is 0 Å². The molecule has 0 saturated heterocycles. The fraction of sp³-hybridized carbons (Fsp3) is 0.0769. The lowest BCUT2D eigenvalue weighted by Crippen LogP contribution is -2.05. The first-order valence-electron chi connectivity index (χ1n) is 5.22. The van der Waals surface area contributed by atoms with Gasteiger partial charge in [0, 0.05) is 5.56 Å². The molecule has 0 fully saturated rings. The van der Waals surface area contributed by atoms with Gasteiger partial charge in [-0.2, -0.15) is 0 Å². The van der Waals surface area contributed by atoms with Crippen LogP contribution in [0.1, 0.15) is 10.4 Å². The van der Waals surface area contributed by atoms with Gasteiger partial charge in [-0.15, -0.1) is 0 Å². The maximum atomic E-state index is 13.5. The summed E-state index contributed by atoms with van der Waals surface area (Å²) in [4.78, 5) is 15.3. The summed E-state index contributed by atoms with van der Waals surface area (Å²) in [5, 5.41) is 0.755. The first-order chi connectivity index (χ1) is 9.02. The van der Waals surface area contributed by atoms with Crippen molar-refractivity contribution in [3.05, 3.63) is 51.9 Å². The molecule has 0 atom stereocenters. The SMILES string of the molecule is COC(=O)c1cc(-c2ccc(Cl)c(Cl)c2)ncc1F. The molecule has 0 radical (unpaired) electrons. The van der Waals surface area contributed by atoms with Crippen molar-refractivity contribution in [3.8, 4) is 11.3 Å². The quantitative estimate of drug-likeness (QED) is 0.787. The number of pyridine rings is 1. The molecule has 1 aromatic carbocycles. The van der Waals surface area contributed by atoms with Crippen LogP contribution in [0.5, 0.6) is 0 Å². The van der Waals surface area contributed by atoms with Gasteiger partial charge < -0.3 is 4.74 Å². The minimum absolute atomic E-state index is 0.182. The van der Waals surface area contributed by atoms with Gasteiger partial charge in [0.05, 0.1) is 34.6 Å². The van der Waals surface area contributed by atoms with E-state index in [1.165, 1.54) is 13.2 Å². The Balaban J connectivity index is 2.51. The molecule has 1 heterocycles. The monoisotopic (exact) mass is 299 g/mol. The third kappa shape index (κ3) is 2.85. The summed E-state index contributed by atoms with van der Waals surface area (Å²) < 4.78 is 18.0. The number of hydrogen-bond acceptors (Lipinski definition) is 3. The third-order valence-electron chi connectivity index (χ3n) is 2.48. The van der Waals surface area contributed by atoms with Crippen LogP contribution in [0.15, 0.2) is 30.5 Å². The number of esters is 1. The molecule has 19 heavy (non-hydrogen) atoms. The van der Waals surface area contributed by atoms with Crippen molar-refractivity contribution in [2.24, 2.45) is 0 Å². The van der Waals surface area contributed by atoms with Crippen LogP contribution in [0, 0.1) is 5.82 Å². The van der Waals surface area contributed by atoms with E-state index in [1.54, 1.807) is 18.2 Å². The number of methoxy groups -OCH3 is 1. The van der Waals surface area contributed by atoms with Crippen LogP contribution in [-0.2, 0) is 4.74 Å². The van der Waals surface area contributed by atoms with E-state index in [0.29, 0.717) is 21.3 Å². The molecular weight excluding hydrogens is 292 g/mol. The Bertz CT molecular complexity index is 647. The van der Waals surface area contributed by atoms with Crippen LogP contribution < -0.4 is 0 Å². The Hall–Kier alpha value is -1.65. The predicted molar refractivity (Wildman–Crippen MR) is 71.0 cm³/mol. The van der Waals surface area contributed by atoms with Crippen LogP contribution in [0.2, 0.25) is 10.0 Å². The minimum Gasteiger partial charge on any atom is -0.465 e. The van der Waals surface area contributed by atoms with Crippen molar-refractivity contribution in [2.45, 2.75) is 0 Å². The first kappa shape index (κ1) is 13.8. The lowest BCUT2D eigenvalue weighted by molar-refractivity contribution is 0.0595. The summed E-state index contributed by atoms with van der Waals surface area (Å²) in [6, 6.07) is 6.17. The highest BCUT2D eigenvalue weighted by atomic mass is 35.5. The molecule has 0 aliphatic rings. The number of halogens is 3. The van der Waals surface area contributed by atoms with E-state index in [1.807, 2.05) is 0 Å². The van der Waals surface area contributed by atoms with Gasteiger partial charge in [0.15, 0.2) is 5.82 Å². The minimum atomic E-state index is -0.763. The highest BCUT2D eigenvalue weighted by Crippen LogP contribution is 2.28. The molecule has 0 bridgehead atoms. The summed E-state index contributed by atoms with van der Waals surface area (Å²) in [6.07, 6.45) is 0.962. The van der Waals surface area contributed by atoms with E-state index in [2.05, 4.69) is 9.72 Å². The molecule has 98 valence electrons. The predicted octanol–water partition coefficient (Wildman–Crippen LogP) is 3.98. The zero-order valence-electron chi connectivity index (χ0n) is 9.78. The molecule has 0 unspecified atom stereocenters. The molecule has 0 spiro atoms. The topological polar surface area (TPSA) is 39.2 Å². The number of ether oxygens (including phenoxy) is 1. The number of carbonyl (C=O) groups is 1. The van der Waals surface area contributed by atoms with Gasteiger partial charge in [0.25, 0.3) is 0 Å². The maximum Gasteiger partial charge on any atom is 0.340 e. The summed E-state index contributed by atoms with van der Waals surface area (Å²) in [5.74, 6) is -1.50. The Morgan fingerprint density at radius 2 is 2.00 bits per heavy atom. The first-order valence-corrected chi connectivity index (χ1v) is 5.98.